The first-order valence-corrected chi connectivity index (χ1v) is 7.31. The molecular weight excluding hydrogens is 260 g/mol. The fraction of sp³-hybridized carbons (Fsp3) is 0.429. The Kier molecular flexibility index (Phi) is 8.70. The van der Waals surface area contributed by atoms with Crippen LogP contribution in [0.2, 0.25) is 0 Å². The first-order valence-electron chi connectivity index (χ1n) is 6.26. The quantitative estimate of drug-likeness (QED) is 0.810. The molecule has 0 radical (unpaired) electrons. The van der Waals surface area contributed by atoms with Crippen LogP contribution in [0.15, 0.2) is 36.5 Å². The van der Waals surface area contributed by atoms with E-state index in [1.165, 1.54) is 23.7 Å². The Morgan fingerprint density at radius 2 is 2.16 bits per heavy atom. The number of rotatable bonds is 3. The molecule has 1 fully saturated rings. The highest BCUT2D eigenvalue weighted by Gasteiger charge is 2.37. The maximum absolute atomic E-state index is 11.7. The van der Waals surface area contributed by atoms with Crippen LogP contribution in [-0.2, 0) is 4.79 Å². The average Bonchev–Trinajstić information content (AvgIpc) is 2.83. The van der Waals surface area contributed by atoms with Crippen LogP contribution < -0.4 is 5.32 Å². The van der Waals surface area contributed by atoms with Gasteiger partial charge in [-0.05, 0) is 12.5 Å². The molecule has 1 saturated heterocycles. The molecule has 0 saturated carbocycles. The molecule has 4 nitrogen and oxygen atoms in total. The van der Waals surface area contributed by atoms with Gasteiger partial charge in [0.2, 0.25) is 5.91 Å². The zero-order valence-electron chi connectivity index (χ0n) is 12.0. The number of imide groups is 1. The molecule has 0 aromatic carbocycles. The van der Waals surface area contributed by atoms with E-state index < -0.39 is 0 Å². The predicted molar refractivity (Wildman–Crippen MR) is 82.0 cm³/mol. The number of hydrogen-bond acceptors (Lipinski definition) is 3. The molecule has 0 bridgehead atoms. The van der Waals surface area contributed by atoms with Gasteiger partial charge in [-0.25, -0.2) is 9.69 Å². The topological polar surface area (TPSA) is 49.4 Å². The number of amides is 3. The van der Waals surface area contributed by atoms with Crippen LogP contribution in [0.1, 0.15) is 20.8 Å². The Bertz CT molecular complexity index is 389. The first-order chi connectivity index (χ1) is 9.15. The van der Waals surface area contributed by atoms with Crippen molar-refractivity contribution in [2.45, 2.75) is 26.1 Å². The van der Waals surface area contributed by atoms with E-state index in [1.807, 2.05) is 32.9 Å². The van der Waals surface area contributed by atoms with Gasteiger partial charge in [-0.15, -0.1) is 11.8 Å². The molecular formula is C14H22N2O2S. The summed E-state index contributed by atoms with van der Waals surface area (Å²) in [5, 5.41) is 2.24. The maximum atomic E-state index is 11.7. The summed E-state index contributed by atoms with van der Waals surface area (Å²) < 4.78 is 0. The minimum Gasteiger partial charge on any atom is -0.341 e. The van der Waals surface area contributed by atoms with E-state index in [2.05, 4.69) is 11.9 Å². The van der Waals surface area contributed by atoms with Crippen molar-refractivity contribution in [3.63, 3.8) is 0 Å². The van der Waals surface area contributed by atoms with E-state index in [4.69, 9.17) is 0 Å². The Labute approximate surface area is 119 Å². The molecule has 106 valence electrons. The van der Waals surface area contributed by atoms with E-state index in [-0.39, 0.29) is 17.3 Å². The summed E-state index contributed by atoms with van der Waals surface area (Å²) >= 11 is 1.45. The molecule has 5 heteroatoms. The number of allylic oxidation sites excluding steroid dienone is 3. The number of nitrogens with one attached hydrogen (secondary N) is 1. The zero-order chi connectivity index (χ0) is 14.8. The number of carbonyl (C=O) groups is 2. The van der Waals surface area contributed by atoms with Gasteiger partial charge in [0, 0.05) is 7.05 Å². The largest absolute Gasteiger partial charge is 0.341 e. The molecule has 1 rings (SSSR count). The maximum Gasteiger partial charge on any atom is 0.325 e. The van der Waals surface area contributed by atoms with Gasteiger partial charge >= 0.3 is 6.03 Å². The fourth-order valence-electron chi connectivity index (χ4n) is 1.51. The summed E-state index contributed by atoms with van der Waals surface area (Å²) in [7, 11) is 1.52. The standard InChI is InChI=1S/C12H16N2O2S.C2H6/c1-4-6-7-9(5-2)11-14(12(16)13-3)10(15)8-17-11;1-2/h4-7,11H,1,8H2,2-3H3,(H,13,16);1-2H3/b7-6-,9-5+;. The minimum absolute atomic E-state index is 0.161. The summed E-state index contributed by atoms with van der Waals surface area (Å²) in [5.74, 6) is 0.169. The number of nitrogens with zero attached hydrogens (tertiary/aromatic N) is 1. The van der Waals surface area contributed by atoms with Gasteiger partial charge in [-0.3, -0.25) is 4.79 Å². The molecule has 3 amide bonds. The summed E-state index contributed by atoms with van der Waals surface area (Å²) in [5.41, 5.74) is 0.921. The van der Waals surface area contributed by atoms with Crippen LogP contribution in [-0.4, -0.2) is 35.0 Å². The number of hydrogen-bond donors (Lipinski definition) is 1. The molecule has 1 aliphatic heterocycles. The van der Waals surface area contributed by atoms with E-state index in [0.717, 1.165) is 5.57 Å². The van der Waals surface area contributed by atoms with Crippen molar-refractivity contribution in [1.29, 1.82) is 0 Å². The van der Waals surface area contributed by atoms with E-state index in [1.54, 1.807) is 12.2 Å². The Balaban J connectivity index is 0.00000154. The van der Waals surface area contributed by atoms with Crippen molar-refractivity contribution < 1.29 is 9.59 Å². The highest BCUT2D eigenvalue weighted by atomic mass is 32.2. The lowest BCUT2D eigenvalue weighted by molar-refractivity contribution is -0.124. The van der Waals surface area contributed by atoms with Crippen LogP contribution >= 0.6 is 11.8 Å². The molecule has 19 heavy (non-hydrogen) atoms. The summed E-state index contributed by atoms with van der Waals surface area (Å²) in [6.07, 6.45) is 7.21. The van der Waals surface area contributed by atoms with Crippen LogP contribution in [0.5, 0.6) is 0 Å². The molecule has 0 spiro atoms. The summed E-state index contributed by atoms with van der Waals surface area (Å²) in [4.78, 5) is 24.5. The van der Waals surface area contributed by atoms with Gasteiger partial charge in [0.05, 0.1) is 5.75 Å². The van der Waals surface area contributed by atoms with Crippen LogP contribution in [0.25, 0.3) is 0 Å². The minimum atomic E-state index is -0.364. The molecule has 0 aliphatic carbocycles. The third-order valence-electron chi connectivity index (χ3n) is 2.34. The smallest absolute Gasteiger partial charge is 0.325 e. The summed E-state index contributed by atoms with van der Waals surface area (Å²) in [6, 6.07) is -0.364. The van der Waals surface area contributed by atoms with Crippen molar-refractivity contribution in [3.8, 4) is 0 Å². The van der Waals surface area contributed by atoms with Crippen molar-refractivity contribution in [1.82, 2.24) is 10.2 Å². The summed E-state index contributed by atoms with van der Waals surface area (Å²) in [6.45, 7) is 9.48. The Morgan fingerprint density at radius 1 is 1.53 bits per heavy atom. The second kappa shape index (κ2) is 9.44. The third-order valence-corrected chi connectivity index (χ3v) is 3.56. The van der Waals surface area contributed by atoms with E-state index in [0.29, 0.717) is 5.75 Å². The van der Waals surface area contributed by atoms with Crippen LogP contribution in [0.4, 0.5) is 4.79 Å². The molecule has 1 unspecified atom stereocenters. The molecule has 1 aliphatic rings. The first kappa shape index (κ1) is 17.5. The third kappa shape index (κ3) is 4.59. The van der Waals surface area contributed by atoms with Crippen molar-refractivity contribution in [2.24, 2.45) is 0 Å². The van der Waals surface area contributed by atoms with E-state index >= 15 is 0 Å². The van der Waals surface area contributed by atoms with Gasteiger partial charge in [0.1, 0.15) is 5.37 Å². The second-order valence-corrected chi connectivity index (χ2v) is 4.43. The number of carbonyl (C=O) groups excluding carboxylic acids is 2. The van der Waals surface area contributed by atoms with Crippen molar-refractivity contribution >= 4 is 23.7 Å². The SMILES string of the molecule is C=C/C=C\C(=C/C)C1SCC(=O)N1C(=O)NC.CC. The van der Waals surface area contributed by atoms with Crippen molar-refractivity contribution in [2.75, 3.05) is 12.8 Å². The lowest BCUT2D eigenvalue weighted by Crippen LogP contribution is -2.44. The molecule has 1 atom stereocenters. The highest BCUT2D eigenvalue weighted by molar-refractivity contribution is 8.01. The zero-order valence-corrected chi connectivity index (χ0v) is 12.8. The highest BCUT2D eigenvalue weighted by Crippen LogP contribution is 2.31. The van der Waals surface area contributed by atoms with Crippen molar-refractivity contribution in [3.05, 3.63) is 36.5 Å². The Hall–Kier alpha value is -1.49. The lowest BCUT2D eigenvalue weighted by Gasteiger charge is -2.22. The van der Waals surface area contributed by atoms with Gasteiger partial charge in [0.25, 0.3) is 0 Å². The van der Waals surface area contributed by atoms with Gasteiger partial charge < -0.3 is 5.32 Å². The monoisotopic (exact) mass is 282 g/mol. The average molecular weight is 282 g/mol. The normalized spacial score (nSPS) is 19.2. The van der Waals surface area contributed by atoms with Gasteiger partial charge in [-0.2, -0.15) is 0 Å². The molecule has 0 aromatic rings. The number of urea groups is 1. The number of thioether (sulfide) groups is 1. The molecule has 1 heterocycles. The van der Waals surface area contributed by atoms with Crippen LogP contribution in [0, 0.1) is 0 Å². The van der Waals surface area contributed by atoms with E-state index in [9.17, 15) is 9.59 Å². The Morgan fingerprint density at radius 3 is 2.63 bits per heavy atom. The predicted octanol–water partition coefficient (Wildman–Crippen LogP) is 2.94. The van der Waals surface area contributed by atoms with Crippen LogP contribution in [0.3, 0.4) is 0 Å². The second-order valence-electron chi connectivity index (χ2n) is 3.37. The molecule has 1 N–H and O–H groups in total. The lowest BCUT2D eigenvalue weighted by atomic mass is 10.2. The van der Waals surface area contributed by atoms with Gasteiger partial charge in [0.15, 0.2) is 0 Å². The van der Waals surface area contributed by atoms with Gasteiger partial charge in [-0.1, -0.05) is 44.7 Å². The molecule has 0 aromatic heterocycles. The fourth-order valence-corrected chi connectivity index (χ4v) is 2.72.